The van der Waals surface area contributed by atoms with E-state index in [4.69, 9.17) is 9.47 Å². The topological polar surface area (TPSA) is 97.0 Å². The second-order valence-electron chi connectivity index (χ2n) is 7.77. The van der Waals surface area contributed by atoms with Crippen LogP contribution in [0.1, 0.15) is 11.3 Å². The number of amides is 3. The summed E-state index contributed by atoms with van der Waals surface area (Å²) in [5.74, 6) is 0.246. The van der Waals surface area contributed by atoms with Crippen LogP contribution in [0.4, 0.5) is 11.4 Å². The van der Waals surface area contributed by atoms with E-state index in [1.807, 2.05) is 17.5 Å². The lowest BCUT2D eigenvalue weighted by Crippen LogP contribution is -2.32. The normalized spacial score (nSPS) is 15.1. The summed E-state index contributed by atoms with van der Waals surface area (Å²) in [6, 6.07) is 17.9. The van der Waals surface area contributed by atoms with Gasteiger partial charge in [0.1, 0.15) is 11.5 Å². The second kappa shape index (κ2) is 10.8. The zero-order valence-electron chi connectivity index (χ0n) is 18.7. The molecule has 1 aromatic heterocycles. The fourth-order valence-electron chi connectivity index (χ4n) is 3.63. The molecule has 0 unspecified atom stereocenters. The maximum Gasteiger partial charge on any atom is 0.262 e. The van der Waals surface area contributed by atoms with Crippen molar-refractivity contribution in [2.24, 2.45) is 5.92 Å². The lowest BCUT2D eigenvalue weighted by molar-refractivity contribution is -0.126. The maximum atomic E-state index is 12.5. The van der Waals surface area contributed by atoms with Gasteiger partial charge in [0.05, 0.1) is 19.6 Å². The van der Waals surface area contributed by atoms with Crippen molar-refractivity contribution >= 4 is 40.4 Å². The van der Waals surface area contributed by atoms with Crippen molar-refractivity contribution in [3.63, 3.8) is 0 Å². The predicted molar refractivity (Wildman–Crippen MR) is 130 cm³/mol. The molecule has 1 aliphatic heterocycles. The largest absolute Gasteiger partial charge is 0.497 e. The monoisotopic (exact) mass is 479 g/mol. The first-order valence-corrected chi connectivity index (χ1v) is 11.7. The van der Waals surface area contributed by atoms with E-state index in [9.17, 15) is 14.4 Å². The average molecular weight is 480 g/mol. The van der Waals surface area contributed by atoms with Gasteiger partial charge in [-0.25, -0.2) is 0 Å². The summed E-state index contributed by atoms with van der Waals surface area (Å²) in [6.45, 7) is 0.641. The Hall–Kier alpha value is -3.85. The van der Waals surface area contributed by atoms with Crippen molar-refractivity contribution in [3.05, 3.63) is 70.9 Å². The van der Waals surface area contributed by atoms with Crippen molar-refractivity contribution in [2.45, 2.75) is 13.0 Å². The van der Waals surface area contributed by atoms with Crippen molar-refractivity contribution in [1.82, 2.24) is 5.32 Å². The molecule has 3 amide bonds. The molecule has 1 fully saturated rings. The summed E-state index contributed by atoms with van der Waals surface area (Å²) in [5, 5.41) is 7.62. The minimum absolute atomic E-state index is 0.0948. The molecule has 1 aliphatic rings. The maximum absolute atomic E-state index is 12.5. The van der Waals surface area contributed by atoms with Crippen molar-refractivity contribution < 1.29 is 23.9 Å². The number of nitrogens with zero attached hydrogens (tertiary/aromatic N) is 1. The van der Waals surface area contributed by atoms with Crippen molar-refractivity contribution in [3.8, 4) is 11.5 Å². The van der Waals surface area contributed by atoms with Gasteiger partial charge in [-0.2, -0.15) is 0 Å². The Morgan fingerprint density at radius 2 is 1.91 bits per heavy atom. The van der Waals surface area contributed by atoms with Crippen molar-refractivity contribution in [2.75, 3.05) is 30.5 Å². The van der Waals surface area contributed by atoms with E-state index < -0.39 is 0 Å². The molecule has 8 nitrogen and oxygen atoms in total. The molecule has 0 aliphatic carbocycles. The van der Waals surface area contributed by atoms with Gasteiger partial charge >= 0.3 is 0 Å². The van der Waals surface area contributed by atoms with E-state index in [0.29, 0.717) is 36.0 Å². The summed E-state index contributed by atoms with van der Waals surface area (Å²) in [7, 11) is 1.56. The summed E-state index contributed by atoms with van der Waals surface area (Å²) in [4.78, 5) is 39.8. The molecule has 1 atom stereocenters. The zero-order valence-corrected chi connectivity index (χ0v) is 19.5. The number of benzene rings is 2. The summed E-state index contributed by atoms with van der Waals surface area (Å²) in [6.07, 6.45) is 0.180. The highest BCUT2D eigenvalue weighted by molar-refractivity contribution is 7.09. The number of methoxy groups -OCH3 is 1. The Labute approximate surface area is 201 Å². The predicted octanol–water partition coefficient (Wildman–Crippen LogP) is 3.44. The number of anilines is 2. The Kier molecular flexibility index (Phi) is 7.44. The molecule has 0 radical (unpaired) electrons. The molecule has 2 N–H and O–H groups in total. The molecule has 1 saturated heterocycles. The van der Waals surface area contributed by atoms with E-state index in [1.54, 1.807) is 71.9 Å². The fraction of sp³-hybridized carbons (Fsp3) is 0.240. The van der Waals surface area contributed by atoms with Gasteiger partial charge in [-0.05, 0) is 47.8 Å². The number of thiophene rings is 1. The highest BCUT2D eigenvalue weighted by Crippen LogP contribution is 2.27. The first-order chi connectivity index (χ1) is 16.5. The Bertz CT molecular complexity index is 1150. The fourth-order valence-corrected chi connectivity index (χ4v) is 4.28. The van der Waals surface area contributed by atoms with Gasteiger partial charge < -0.3 is 25.0 Å². The minimum atomic E-state index is -0.385. The van der Waals surface area contributed by atoms with Gasteiger partial charge in [-0.3, -0.25) is 14.4 Å². The molecule has 34 heavy (non-hydrogen) atoms. The standard InChI is InChI=1S/C25H25N3O5S/c1-32-21-5-2-4-18(13-21)27-23(29)16-33-20-9-7-19(8-10-20)28-15-17(12-24(28)30)25(31)26-14-22-6-3-11-34-22/h2-11,13,17H,12,14-16H2,1H3,(H,26,31)(H,27,29)/t17-/m1/s1. The second-order valence-corrected chi connectivity index (χ2v) is 8.80. The third-order valence-electron chi connectivity index (χ3n) is 5.38. The van der Waals surface area contributed by atoms with Gasteiger partial charge in [0.25, 0.3) is 5.91 Å². The van der Waals surface area contributed by atoms with Crippen LogP contribution >= 0.6 is 11.3 Å². The molecular formula is C25H25N3O5S. The Morgan fingerprint density at radius 3 is 2.65 bits per heavy atom. The number of ether oxygens (including phenoxy) is 2. The van der Waals surface area contributed by atoms with Crippen LogP contribution in [-0.2, 0) is 20.9 Å². The number of carbonyl (C=O) groups is 3. The number of carbonyl (C=O) groups excluding carboxylic acids is 3. The van der Waals surface area contributed by atoms with Crippen LogP contribution in [0, 0.1) is 5.92 Å². The first-order valence-electron chi connectivity index (χ1n) is 10.8. The highest BCUT2D eigenvalue weighted by atomic mass is 32.1. The molecule has 3 aromatic rings. The van der Waals surface area contributed by atoms with Crippen LogP contribution in [-0.4, -0.2) is 38.0 Å². The third-order valence-corrected chi connectivity index (χ3v) is 6.26. The number of rotatable bonds is 9. The SMILES string of the molecule is COc1cccc(NC(=O)COc2ccc(N3C[C@H](C(=O)NCc4cccs4)CC3=O)cc2)c1. The van der Waals surface area contributed by atoms with Crippen LogP contribution in [0.3, 0.4) is 0 Å². The zero-order chi connectivity index (χ0) is 23.9. The average Bonchev–Trinajstić information content (AvgIpc) is 3.51. The smallest absolute Gasteiger partial charge is 0.262 e. The highest BCUT2D eigenvalue weighted by Gasteiger charge is 2.35. The summed E-state index contributed by atoms with van der Waals surface area (Å²) in [5.41, 5.74) is 1.30. The van der Waals surface area contributed by atoms with Gasteiger partial charge in [0.2, 0.25) is 11.8 Å². The van der Waals surface area contributed by atoms with Gasteiger partial charge in [0.15, 0.2) is 6.61 Å². The first kappa shape index (κ1) is 23.3. The molecule has 0 saturated carbocycles. The molecule has 0 spiro atoms. The third kappa shape index (κ3) is 5.93. The van der Waals surface area contributed by atoms with E-state index >= 15 is 0 Å². The Balaban J connectivity index is 1.26. The van der Waals surface area contributed by atoms with Crippen LogP contribution in [0.5, 0.6) is 11.5 Å². The lowest BCUT2D eigenvalue weighted by Gasteiger charge is -2.17. The van der Waals surface area contributed by atoms with Crippen molar-refractivity contribution in [1.29, 1.82) is 0 Å². The number of hydrogen-bond donors (Lipinski definition) is 2. The number of nitrogens with one attached hydrogen (secondary N) is 2. The van der Waals surface area contributed by atoms with E-state index in [-0.39, 0.29) is 36.7 Å². The van der Waals surface area contributed by atoms with Gasteiger partial charge in [-0.1, -0.05) is 12.1 Å². The van der Waals surface area contributed by atoms with Crippen LogP contribution in [0.2, 0.25) is 0 Å². The molecule has 2 heterocycles. The van der Waals surface area contributed by atoms with Crippen LogP contribution in [0.25, 0.3) is 0 Å². The van der Waals surface area contributed by atoms with Gasteiger partial charge in [-0.15, -0.1) is 11.3 Å². The minimum Gasteiger partial charge on any atom is -0.497 e. The van der Waals surface area contributed by atoms with Crippen LogP contribution < -0.4 is 25.0 Å². The quantitative estimate of drug-likeness (QED) is 0.490. The molecule has 0 bridgehead atoms. The molecule has 9 heteroatoms. The van der Waals surface area contributed by atoms with E-state index in [2.05, 4.69) is 10.6 Å². The lowest BCUT2D eigenvalue weighted by atomic mass is 10.1. The van der Waals surface area contributed by atoms with Gasteiger partial charge in [0, 0.05) is 35.3 Å². The summed E-state index contributed by atoms with van der Waals surface area (Å²) < 4.78 is 10.7. The molecule has 176 valence electrons. The Morgan fingerprint density at radius 1 is 1.09 bits per heavy atom. The number of hydrogen-bond acceptors (Lipinski definition) is 6. The molecular weight excluding hydrogens is 454 g/mol. The molecule has 2 aromatic carbocycles. The van der Waals surface area contributed by atoms with Crippen LogP contribution in [0.15, 0.2) is 66.0 Å². The van der Waals surface area contributed by atoms with E-state index in [0.717, 1.165) is 4.88 Å². The van der Waals surface area contributed by atoms with E-state index in [1.165, 1.54) is 0 Å². The summed E-state index contributed by atoms with van der Waals surface area (Å²) >= 11 is 1.58. The molecule has 4 rings (SSSR count).